The molecule has 0 atom stereocenters. The SMILES string of the molecule is CCCCCCOc1ccc(C(=O)NC(=S)NC(C)C)cc1Br. The Balaban J connectivity index is 2.54. The van der Waals surface area contributed by atoms with Crippen molar-refractivity contribution in [1.82, 2.24) is 10.6 Å². The number of unbranched alkanes of at least 4 members (excludes halogenated alkanes) is 3. The fourth-order valence-electron chi connectivity index (χ4n) is 1.94. The lowest BCUT2D eigenvalue weighted by molar-refractivity contribution is 0.0976. The van der Waals surface area contributed by atoms with Gasteiger partial charge in [0.05, 0.1) is 11.1 Å². The van der Waals surface area contributed by atoms with Crippen molar-refractivity contribution < 1.29 is 9.53 Å². The van der Waals surface area contributed by atoms with Gasteiger partial charge in [0.1, 0.15) is 5.75 Å². The minimum Gasteiger partial charge on any atom is -0.492 e. The second-order valence-corrected chi connectivity index (χ2v) is 6.90. The Labute approximate surface area is 152 Å². The van der Waals surface area contributed by atoms with Crippen LogP contribution in [0.5, 0.6) is 5.75 Å². The average molecular weight is 401 g/mol. The molecule has 23 heavy (non-hydrogen) atoms. The molecule has 0 bridgehead atoms. The molecule has 0 aliphatic rings. The smallest absolute Gasteiger partial charge is 0.257 e. The zero-order chi connectivity index (χ0) is 17.2. The molecule has 1 aromatic carbocycles. The van der Waals surface area contributed by atoms with Crippen LogP contribution in [0.15, 0.2) is 22.7 Å². The molecule has 0 saturated carbocycles. The molecule has 6 heteroatoms. The number of ether oxygens (including phenoxy) is 1. The molecule has 0 heterocycles. The summed E-state index contributed by atoms with van der Waals surface area (Å²) in [4.78, 5) is 12.1. The van der Waals surface area contributed by atoms with E-state index in [0.717, 1.165) is 16.6 Å². The third-order valence-electron chi connectivity index (χ3n) is 3.10. The first-order chi connectivity index (χ1) is 10.9. The van der Waals surface area contributed by atoms with E-state index in [1.807, 2.05) is 13.8 Å². The van der Waals surface area contributed by atoms with Gasteiger partial charge in [-0.1, -0.05) is 26.2 Å². The summed E-state index contributed by atoms with van der Waals surface area (Å²) in [6.07, 6.45) is 4.65. The van der Waals surface area contributed by atoms with Crippen molar-refractivity contribution in [2.24, 2.45) is 0 Å². The van der Waals surface area contributed by atoms with Crippen LogP contribution in [-0.4, -0.2) is 23.7 Å². The maximum absolute atomic E-state index is 12.1. The highest BCUT2D eigenvalue weighted by Crippen LogP contribution is 2.26. The molecular formula is C17H25BrN2O2S. The first kappa shape index (κ1) is 19.9. The van der Waals surface area contributed by atoms with Crippen LogP contribution in [0.3, 0.4) is 0 Å². The summed E-state index contributed by atoms with van der Waals surface area (Å²) in [5.41, 5.74) is 0.531. The van der Waals surface area contributed by atoms with Gasteiger partial charge in [0.25, 0.3) is 5.91 Å². The maximum atomic E-state index is 12.1. The van der Waals surface area contributed by atoms with Gasteiger partial charge in [0, 0.05) is 11.6 Å². The van der Waals surface area contributed by atoms with Gasteiger partial charge in [-0.25, -0.2) is 0 Å². The third kappa shape index (κ3) is 7.79. The highest BCUT2D eigenvalue weighted by molar-refractivity contribution is 9.10. The largest absolute Gasteiger partial charge is 0.492 e. The molecule has 0 radical (unpaired) electrons. The number of benzene rings is 1. The van der Waals surface area contributed by atoms with Crippen LogP contribution in [0, 0.1) is 0 Å². The molecule has 4 nitrogen and oxygen atoms in total. The normalized spacial score (nSPS) is 10.5. The fourth-order valence-corrected chi connectivity index (χ4v) is 2.77. The topological polar surface area (TPSA) is 50.4 Å². The van der Waals surface area contributed by atoms with Crippen molar-refractivity contribution in [1.29, 1.82) is 0 Å². The van der Waals surface area contributed by atoms with Gasteiger partial charge in [-0.3, -0.25) is 10.1 Å². The highest BCUT2D eigenvalue weighted by atomic mass is 79.9. The highest BCUT2D eigenvalue weighted by Gasteiger charge is 2.11. The first-order valence-corrected chi connectivity index (χ1v) is 9.18. The molecule has 128 valence electrons. The number of carbonyl (C=O) groups excluding carboxylic acids is 1. The lowest BCUT2D eigenvalue weighted by Crippen LogP contribution is -2.42. The Morgan fingerprint density at radius 2 is 2.04 bits per heavy atom. The molecule has 2 N–H and O–H groups in total. The van der Waals surface area contributed by atoms with Crippen LogP contribution >= 0.6 is 28.1 Å². The quantitative estimate of drug-likeness (QED) is 0.500. The van der Waals surface area contributed by atoms with Gasteiger partial charge in [-0.05, 0) is 66.6 Å². The van der Waals surface area contributed by atoms with Gasteiger partial charge >= 0.3 is 0 Å². The monoisotopic (exact) mass is 400 g/mol. The number of carbonyl (C=O) groups is 1. The molecule has 1 amide bonds. The zero-order valence-electron chi connectivity index (χ0n) is 13.9. The number of amides is 1. The van der Waals surface area contributed by atoms with E-state index in [9.17, 15) is 4.79 Å². The summed E-state index contributed by atoms with van der Waals surface area (Å²) in [6.45, 7) is 6.79. The average Bonchev–Trinajstić information content (AvgIpc) is 2.47. The number of nitrogens with one attached hydrogen (secondary N) is 2. The summed E-state index contributed by atoms with van der Waals surface area (Å²) in [5, 5.41) is 5.97. The number of hydrogen-bond acceptors (Lipinski definition) is 3. The Morgan fingerprint density at radius 3 is 2.65 bits per heavy atom. The molecular weight excluding hydrogens is 376 g/mol. The standard InChI is InChI=1S/C17H25BrN2O2S/c1-4-5-6-7-10-22-15-9-8-13(11-14(15)18)16(21)20-17(23)19-12(2)3/h8-9,11-12H,4-7,10H2,1-3H3,(H2,19,20,21,23). The van der Waals surface area contributed by atoms with Crippen molar-refractivity contribution in [2.75, 3.05) is 6.61 Å². The summed E-state index contributed by atoms with van der Waals surface area (Å²) in [6, 6.07) is 5.46. The fraction of sp³-hybridized carbons (Fsp3) is 0.529. The van der Waals surface area contributed by atoms with Crippen molar-refractivity contribution in [3.05, 3.63) is 28.2 Å². The minimum atomic E-state index is -0.238. The Hall–Kier alpha value is -1.14. The minimum absolute atomic E-state index is 0.179. The van der Waals surface area contributed by atoms with Gasteiger partial charge < -0.3 is 10.1 Å². The van der Waals surface area contributed by atoms with Crippen LogP contribution in [0.4, 0.5) is 0 Å². The van der Waals surface area contributed by atoms with Crippen LogP contribution in [0.2, 0.25) is 0 Å². The van der Waals surface area contributed by atoms with E-state index < -0.39 is 0 Å². The first-order valence-electron chi connectivity index (χ1n) is 7.98. The maximum Gasteiger partial charge on any atom is 0.257 e. The van der Waals surface area contributed by atoms with Gasteiger partial charge in [-0.2, -0.15) is 0 Å². The van der Waals surface area contributed by atoms with E-state index in [1.165, 1.54) is 19.3 Å². The molecule has 0 aliphatic carbocycles. The number of thiocarbonyl (C=S) groups is 1. The van der Waals surface area contributed by atoms with Crippen molar-refractivity contribution in [2.45, 2.75) is 52.5 Å². The number of rotatable bonds is 8. The zero-order valence-corrected chi connectivity index (χ0v) is 16.4. The van der Waals surface area contributed by atoms with Crippen LogP contribution in [0.1, 0.15) is 56.8 Å². The van der Waals surface area contributed by atoms with Crippen molar-refractivity contribution >= 4 is 39.2 Å². The molecule has 0 saturated heterocycles. The third-order valence-corrected chi connectivity index (χ3v) is 3.94. The summed E-state index contributed by atoms with van der Waals surface area (Å²) in [7, 11) is 0. The van der Waals surface area contributed by atoms with Crippen LogP contribution < -0.4 is 15.4 Å². The molecule has 0 spiro atoms. The summed E-state index contributed by atoms with van der Waals surface area (Å²) >= 11 is 8.53. The van der Waals surface area contributed by atoms with Crippen molar-refractivity contribution in [3.63, 3.8) is 0 Å². The molecule has 1 aromatic rings. The summed E-state index contributed by atoms with van der Waals surface area (Å²) < 4.78 is 6.50. The van der Waals surface area contributed by atoms with E-state index in [-0.39, 0.29) is 11.9 Å². The Kier molecular flexibility index (Phi) is 9.17. The van der Waals surface area contributed by atoms with E-state index in [0.29, 0.717) is 17.3 Å². The molecule has 0 aliphatic heterocycles. The second kappa shape index (κ2) is 10.6. The number of hydrogen-bond donors (Lipinski definition) is 2. The van der Waals surface area contributed by atoms with Gasteiger partial charge in [0.2, 0.25) is 0 Å². The number of halogens is 1. The van der Waals surface area contributed by atoms with E-state index in [2.05, 4.69) is 33.5 Å². The van der Waals surface area contributed by atoms with E-state index >= 15 is 0 Å². The Bertz CT molecular complexity index is 535. The van der Waals surface area contributed by atoms with Crippen LogP contribution in [0.25, 0.3) is 0 Å². The van der Waals surface area contributed by atoms with Gasteiger partial charge in [0.15, 0.2) is 5.11 Å². The van der Waals surface area contributed by atoms with Crippen LogP contribution in [-0.2, 0) is 0 Å². The van der Waals surface area contributed by atoms with E-state index in [4.69, 9.17) is 17.0 Å². The Morgan fingerprint density at radius 1 is 1.30 bits per heavy atom. The van der Waals surface area contributed by atoms with Crippen molar-refractivity contribution in [3.8, 4) is 5.75 Å². The van der Waals surface area contributed by atoms with Gasteiger partial charge in [-0.15, -0.1) is 0 Å². The van der Waals surface area contributed by atoms with E-state index in [1.54, 1.807) is 18.2 Å². The predicted molar refractivity (Wildman–Crippen MR) is 102 cm³/mol. The second-order valence-electron chi connectivity index (χ2n) is 5.64. The molecule has 0 unspecified atom stereocenters. The lowest BCUT2D eigenvalue weighted by atomic mass is 10.2. The predicted octanol–water partition coefficient (Wildman–Crippen LogP) is 4.42. The molecule has 0 fully saturated rings. The lowest BCUT2D eigenvalue weighted by Gasteiger charge is -2.13. The molecule has 0 aromatic heterocycles. The molecule has 1 rings (SSSR count). The summed E-state index contributed by atoms with van der Waals surface area (Å²) in [5.74, 6) is 0.513.